The highest BCUT2D eigenvalue weighted by Crippen LogP contribution is 2.37. The van der Waals surface area contributed by atoms with Crippen molar-refractivity contribution in [2.24, 2.45) is 5.92 Å². The molecule has 114 valence electrons. The third-order valence-corrected chi connectivity index (χ3v) is 4.81. The van der Waals surface area contributed by atoms with Gasteiger partial charge < -0.3 is 0 Å². The molecule has 1 saturated carbocycles. The van der Waals surface area contributed by atoms with E-state index in [-0.39, 0.29) is 5.82 Å². The van der Waals surface area contributed by atoms with E-state index in [4.69, 9.17) is 5.26 Å². The maximum Gasteiger partial charge on any atom is 0.232 e. The van der Waals surface area contributed by atoms with Crippen LogP contribution in [-0.4, -0.2) is 9.97 Å². The molecule has 1 aromatic rings. The van der Waals surface area contributed by atoms with E-state index in [2.05, 4.69) is 16.9 Å². The van der Waals surface area contributed by atoms with Gasteiger partial charge in [0.05, 0.1) is 0 Å². The van der Waals surface area contributed by atoms with Crippen molar-refractivity contribution in [1.29, 1.82) is 5.26 Å². The topological polar surface area (TPSA) is 49.6 Å². The number of hydrogen-bond acceptors (Lipinski definition) is 3. The molecule has 0 aliphatic heterocycles. The molecule has 0 aromatic carbocycles. The highest BCUT2D eigenvalue weighted by Gasteiger charge is 2.22. The largest absolute Gasteiger partial charge is 0.232 e. The second kappa shape index (κ2) is 8.77. The molecule has 1 heterocycles. The Morgan fingerprint density at radius 3 is 2.33 bits per heavy atom. The number of hydrogen-bond donors (Lipinski definition) is 0. The lowest BCUT2D eigenvalue weighted by molar-refractivity contribution is 0.301. The monoisotopic (exact) mass is 285 g/mol. The molecule has 0 saturated heterocycles. The molecule has 0 spiro atoms. The van der Waals surface area contributed by atoms with Gasteiger partial charge in [0.25, 0.3) is 0 Å². The van der Waals surface area contributed by atoms with Gasteiger partial charge in [-0.25, -0.2) is 9.97 Å². The molecular formula is C18H27N3. The van der Waals surface area contributed by atoms with Gasteiger partial charge in [0, 0.05) is 12.4 Å². The first-order chi connectivity index (χ1) is 10.3. The van der Waals surface area contributed by atoms with Crippen molar-refractivity contribution in [3.05, 3.63) is 23.8 Å². The quantitative estimate of drug-likeness (QED) is 0.664. The molecule has 1 aliphatic carbocycles. The zero-order chi connectivity index (χ0) is 14.9. The number of nitrogens with zero attached hydrogens (tertiary/aromatic N) is 3. The van der Waals surface area contributed by atoms with Crippen molar-refractivity contribution in [3.8, 4) is 6.07 Å². The molecule has 0 atom stereocenters. The van der Waals surface area contributed by atoms with Crippen LogP contribution in [0.2, 0.25) is 0 Å². The SMILES string of the molecule is CCCCCCC[C@H]1CC[C@H](c2cnc(C#N)nc2)CC1. The van der Waals surface area contributed by atoms with Crippen LogP contribution >= 0.6 is 0 Å². The summed E-state index contributed by atoms with van der Waals surface area (Å²) < 4.78 is 0. The van der Waals surface area contributed by atoms with E-state index in [0.29, 0.717) is 5.92 Å². The van der Waals surface area contributed by atoms with Crippen LogP contribution in [0.25, 0.3) is 0 Å². The Hall–Kier alpha value is -1.43. The lowest BCUT2D eigenvalue weighted by Crippen LogP contribution is -2.14. The lowest BCUT2D eigenvalue weighted by Gasteiger charge is -2.28. The van der Waals surface area contributed by atoms with Crippen LogP contribution in [0.5, 0.6) is 0 Å². The smallest absolute Gasteiger partial charge is 0.227 e. The van der Waals surface area contributed by atoms with Gasteiger partial charge in [0.2, 0.25) is 5.82 Å². The van der Waals surface area contributed by atoms with Gasteiger partial charge in [-0.1, -0.05) is 45.4 Å². The van der Waals surface area contributed by atoms with E-state index >= 15 is 0 Å². The Bertz CT molecular complexity index is 439. The van der Waals surface area contributed by atoms with Crippen molar-refractivity contribution < 1.29 is 0 Å². The zero-order valence-corrected chi connectivity index (χ0v) is 13.2. The maximum absolute atomic E-state index is 8.73. The number of unbranched alkanes of at least 4 members (excludes halogenated alkanes) is 4. The van der Waals surface area contributed by atoms with Crippen LogP contribution in [-0.2, 0) is 0 Å². The molecule has 0 unspecified atom stereocenters. The Kier molecular flexibility index (Phi) is 6.66. The number of nitriles is 1. The summed E-state index contributed by atoms with van der Waals surface area (Å²) in [4.78, 5) is 8.19. The molecule has 1 fully saturated rings. The summed E-state index contributed by atoms with van der Waals surface area (Å²) in [5, 5.41) is 8.73. The molecule has 2 rings (SSSR count). The fourth-order valence-corrected chi connectivity index (χ4v) is 3.43. The summed E-state index contributed by atoms with van der Waals surface area (Å²) in [7, 11) is 0. The second-order valence-corrected chi connectivity index (χ2v) is 6.37. The Labute approximate surface area is 128 Å². The summed E-state index contributed by atoms with van der Waals surface area (Å²) in [6, 6.07) is 1.98. The maximum atomic E-state index is 8.73. The van der Waals surface area contributed by atoms with E-state index in [9.17, 15) is 0 Å². The van der Waals surface area contributed by atoms with E-state index in [1.807, 2.05) is 18.5 Å². The van der Waals surface area contributed by atoms with Crippen LogP contribution in [0.4, 0.5) is 0 Å². The summed E-state index contributed by atoms with van der Waals surface area (Å²) >= 11 is 0. The molecule has 0 radical (unpaired) electrons. The summed E-state index contributed by atoms with van der Waals surface area (Å²) in [6.07, 6.45) is 17.3. The Balaban J connectivity index is 1.69. The molecule has 0 bridgehead atoms. The minimum atomic E-state index is 0.277. The van der Waals surface area contributed by atoms with Gasteiger partial charge >= 0.3 is 0 Å². The van der Waals surface area contributed by atoms with Crippen LogP contribution < -0.4 is 0 Å². The molecular weight excluding hydrogens is 258 g/mol. The summed E-state index contributed by atoms with van der Waals surface area (Å²) in [6.45, 7) is 2.27. The highest BCUT2D eigenvalue weighted by atomic mass is 14.9. The van der Waals surface area contributed by atoms with Crippen LogP contribution in [0.3, 0.4) is 0 Å². The van der Waals surface area contributed by atoms with Gasteiger partial charge in [-0.2, -0.15) is 5.26 Å². The van der Waals surface area contributed by atoms with Crippen LogP contribution in [0.15, 0.2) is 12.4 Å². The second-order valence-electron chi connectivity index (χ2n) is 6.37. The predicted octanol–water partition coefficient (Wildman–Crippen LogP) is 4.98. The summed E-state index contributed by atoms with van der Waals surface area (Å²) in [5.41, 5.74) is 1.22. The molecule has 1 aromatic heterocycles. The molecule has 3 heteroatoms. The average molecular weight is 285 g/mol. The zero-order valence-electron chi connectivity index (χ0n) is 13.2. The first-order valence-electron chi connectivity index (χ1n) is 8.55. The lowest BCUT2D eigenvalue weighted by atomic mass is 9.77. The van der Waals surface area contributed by atoms with E-state index in [1.165, 1.54) is 69.8 Å². The molecule has 1 aliphatic rings. The fraction of sp³-hybridized carbons (Fsp3) is 0.722. The minimum absolute atomic E-state index is 0.277. The fourth-order valence-electron chi connectivity index (χ4n) is 3.43. The van der Waals surface area contributed by atoms with Gasteiger partial charge in [-0.3, -0.25) is 0 Å². The Morgan fingerprint density at radius 1 is 1.05 bits per heavy atom. The third kappa shape index (κ3) is 5.12. The Morgan fingerprint density at radius 2 is 1.71 bits per heavy atom. The average Bonchev–Trinajstić information content (AvgIpc) is 2.55. The van der Waals surface area contributed by atoms with Crippen molar-refractivity contribution in [2.45, 2.75) is 77.0 Å². The van der Waals surface area contributed by atoms with Crippen LogP contribution in [0, 0.1) is 17.2 Å². The normalized spacial score (nSPS) is 21.9. The third-order valence-electron chi connectivity index (χ3n) is 4.81. The molecule has 0 amide bonds. The van der Waals surface area contributed by atoms with Crippen molar-refractivity contribution in [3.63, 3.8) is 0 Å². The van der Waals surface area contributed by atoms with E-state index in [1.54, 1.807) is 0 Å². The number of rotatable bonds is 7. The van der Waals surface area contributed by atoms with Gasteiger partial charge in [0.15, 0.2) is 0 Å². The molecule has 21 heavy (non-hydrogen) atoms. The van der Waals surface area contributed by atoms with Crippen molar-refractivity contribution in [2.75, 3.05) is 0 Å². The van der Waals surface area contributed by atoms with Crippen LogP contribution in [0.1, 0.15) is 88.4 Å². The first kappa shape index (κ1) is 15.9. The van der Waals surface area contributed by atoms with E-state index in [0.717, 1.165) is 5.92 Å². The number of aromatic nitrogens is 2. The van der Waals surface area contributed by atoms with Crippen molar-refractivity contribution >= 4 is 0 Å². The minimum Gasteiger partial charge on any atom is -0.227 e. The predicted molar refractivity (Wildman–Crippen MR) is 84.8 cm³/mol. The standard InChI is InChI=1S/C18H27N3/c1-2-3-4-5-6-7-15-8-10-16(11-9-15)17-13-20-18(12-19)21-14-17/h13-16H,2-11H2,1H3/t15-,16-. The first-order valence-corrected chi connectivity index (χ1v) is 8.55. The van der Waals surface area contributed by atoms with Gasteiger partial charge in [0.1, 0.15) is 6.07 Å². The molecule has 3 nitrogen and oxygen atoms in total. The van der Waals surface area contributed by atoms with Crippen molar-refractivity contribution in [1.82, 2.24) is 9.97 Å². The van der Waals surface area contributed by atoms with Gasteiger partial charge in [-0.15, -0.1) is 0 Å². The molecule has 0 N–H and O–H groups in total. The highest BCUT2D eigenvalue weighted by molar-refractivity contribution is 5.17. The van der Waals surface area contributed by atoms with Gasteiger partial charge in [-0.05, 0) is 43.1 Å². The summed E-state index contributed by atoms with van der Waals surface area (Å²) in [5.74, 6) is 1.82. The van der Waals surface area contributed by atoms with E-state index < -0.39 is 0 Å².